The molecule has 1 aromatic rings. The first-order chi connectivity index (χ1) is 8.96. The first-order valence-corrected chi connectivity index (χ1v) is 6.34. The molecule has 1 atom stereocenters. The van der Waals surface area contributed by atoms with E-state index in [0.717, 1.165) is 6.42 Å². The summed E-state index contributed by atoms with van der Waals surface area (Å²) in [6.07, 6.45) is -4.14. The van der Waals surface area contributed by atoms with Gasteiger partial charge in [-0.05, 0) is 31.5 Å². The number of furan rings is 1. The molecular weight excluding hydrogens is 259 g/mol. The van der Waals surface area contributed by atoms with Gasteiger partial charge in [0.15, 0.2) is 0 Å². The predicted octanol–water partition coefficient (Wildman–Crippen LogP) is 3.81. The van der Waals surface area contributed by atoms with Crippen LogP contribution in [-0.2, 0) is 11.3 Å². The molecule has 3 nitrogen and oxygen atoms in total. The number of rotatable bonds is 8. The molecule has 1 unspecified atom stereocenters. The second kappa shape index (κ2) is 7.55. The summed E-state index contributed by atoms with van der Waals surface area (Å²) in [7, 11) is 1.54. The molecule has 0 saturated heterocycles. The zero-order chi connectivity index (χ0) is 14.3. The van der Waals surface area contributed by atoms with Crippen molar-refractivity contribution in [1.82, 2.24) is 5.32 Å². The topological polar surface area (TPSA) is 34.4 Å². The summed E-state index contributed by atoms with van der Waals surface area (Å²) >= 11 is 0. The Morgan fingerprint density at radius 3 is 2.68 bits per heavy atom. The molecule has 0 aliphatic heterocycles. The highest BCUT2D eigenvalue weighted by atomic mass is 19.4. The Kier molecular flexibility index (Phi) is 6.37. The first-order valence-electron chi connectivity index (χ1n) is 6.34. The first kappa shape index (κ1) is 16.0. The van der Waals surface area contributed by atoms with Gasteiger partial charge in [0.25, 0.3) is 0 Å². The van der Waals surface area contributed by atoms with E-state index in [0.29, 0.717) is 24.7 Å². The SMILES string of the molecule is CCCNC(CCC(F)(F)F)c1ccc(COC)o1. The van der Waals surface area contributed by atoms with E-state index in [1.165, 1.54) is 0 Å². The van der Waals surface area contributed by atoms with Crippen molar-refractivity contribution in [2.24, 2.45) is 0 Å². The number of hydrogen-bond acceptors (Lipinski definition) is 3. The van der Waals surface area contributed by atoms with Crippen LogP contribution >= 0.6 is 0 Å². The van der Waals surface area contributed by atoms with Gasteiger partial charge in [0.05, 0.1) is 6.04 Å². The summed E-state index contributed by atoms with van der Waals surface area (Å²) in [5.41, 5.74) is 0. The van der Waals surface area contributed by atoms with Gasteiger partial charge in [-0.2, -0.15) is 13.2 Å². The Hall–Kier alpha value is -1.01. The number of halogens is 3. The lowest BCUT2D eigenvalue weighted by Gasteiger charge is -2.17. The third kappa shape index (κ3) is 6.11. The Morgan fingerprint density at radius 2 is 2.11 bits per heavy atom. The fourth-order valence-corrected chi connectivity index (χ4v) is 1.77. The van der Waals surface area contributed by atoms with Crippen molar-refractivity contribution < 1.29 is 22.3 Å². The Morgan fingerprint density at radius 1 is 1.37 bits per heavy atom. The maximum absolute atomic E-state index is 12.3. The van der Waals surface area contributed by atoms with E-state index in [9.17, 15) is 13.2 Å². The van der Waals surface area contributed by atoms with Crippen molar-refractivity contribution in [1.29, 1.82) is 0 Å². The summed E-state index contributed by atoms with van der Waals surface area (Å²) in [5, 5.41) is 3.08. The van der Waals surface area contributed by atoms with Crippen molar-refractivity contribution in [2.75, 3.05) is 13.7 Å². The molecular formula is C13H20F3NO2. The predicted molar refractivity (Wildman–Crippen MR) is 65.7 cm³/mol. The maximum Gasteiger partial charge on any atom is 0.389 e. The summed E-state index contributed by atoms with van der Waals surface area (Å²) in [6.45, 7) is 2.94. The van der Waals surface area contributed by atoms with Gasteiger partial charge >= 0.3 is 6.18 Å². The fraction of sp³-hybridized carbons (Fsp3) is 0.692. The molecule has 6 heteroatoms. The molecule has 0 aliphatic carbocycles. The van der Waals surface area contributed by atoms with Crippen LogP contribution in [0, 0.1) is 0 Å². The van der Waals surface area contributed by atoms with Crippen molar-refractivity contribution in [3.63, 3.8) is 0 Å². The highest BCUT2D eigenvalue weighted by molar-refractivity contribution is 5.10. The Bertz CT molecular complexity index is 363. The van der Waals surface area contributed by atoms with E-state index >= 15 is 0 Å². The van der Waals surface area contributed by atoms with Gasteiger partial charge in [-0.3, -0.25) is 0 Å². The number of ether oxygens (including phenoxy) is 1. The van der Waals surface area contributed by atoms with Crippen LogP contribution in [-0.4, -0.2) is 19.8 Å². The van der Waals surface area contributed by atoms with Crippen molar-refractivity contribution in [3.8, 4) is 0 Å². The Balaban J connectivity index is 2.65. The molecule has 0 spiro atoms. The van der Waals surface area contributed by atoms with E-state index in [-0.39, 0.29) is 6.42 Å². The van der Waals surface area contributed by atoms with Crippen molar-refractivity contribution >= 4 is 0 Å². The van der Waals surface area contributed by atoms with Crippen LogP contribution in [0.2, 0.25) is 0 Å². The van der Waals surface area contributed by atoms with Gasteiger partial charge in [0.1, 0.15) is 18.1 Å². The monoisotopic (exact) mass is 279 g/mol. The molecule has 1 heterocycles. The average Bonchev–Trinajstić information content (AvgIpc) is 2.77. The third-order valence-corrected chi connectivity index (χ3v) is 2.67. The highest BCUT2D eigenvalue weighted by Gasteiger charge is 2.29. The van der Waals surface area contributed by atoms with Crippen LogP contribution in [0.25, 0.3) is 0 Å². The molecule has 1 rings (SSSR count). The molecule has 0 aromatic carbocycles. The van der Waals surface area contributed by atoms with E-state index in [4.69, 9.17) is 9.15 Å². The molecule has 0 amide bonds. The van der Waals surface area contributed by atoms with Gasteiger partial charge in [0, 0.05) is 13.5 Å². The largest absolute Gasteiger partial charge is 0.462 e. The van der Waals surface area contributed by atoms with Crippen molar-refractivity contribution in [2.45, 2.75) is 45.0 Å². The summed E-state index contributed by atoms with van der Waals surface area (Å²) in [5.74, 6) is 1.15. The number of hydrogen-bond donors (Lipinski definition) is 1. The third-order valence-electron chi connectivity index (χ3n) is 2.67. The smallest absolute Gasteiger partial charge is 0.389 e. The molecule has 1 N–H and O–H groups in total. The molecule has 0 radical (unpaired) electrons. The Labute approximate surface area is 111 Å². The molecule has 110 valence electrons. The van der Waals surface area contributed by atoms with E-state index < -0.39 is 18.6 Å². The van der Waals surface area contributed by atoms with E-state index in [2.05, 4.69) is 5.32 Å². The summed E-state index contributed by atoms with van der Waals surface area (Å²) in [4.78, 5) is 0. The van der Waals surface area contributed by atoms with Gasteiger partial charge < -0.3 is 14.5 Å². The van der Waals surface area contributed by atoms with Crippen LogP contribution < -0.4 is 5.32 Å². The minimum absolute atomic E-state index is 0.0244. The molecule has 0 aliphatic rings. The van der Waals surface area contributed by atoms with Gasteiger partial charge in [-0.15, -0.1) is 0 Å². The molecule has 19 heavy (non-hydrogen) atoms. The minimum atomic E-state index is -4.14. The lowest BCUT2D eigenvalue weighted by molar-refractivity contribution is -0.136. The van der Waals surface area contributed by atoms with Crippen LogP contribution in [0.4, 0.5) is 13.2 Å². The van der Waals surface area contributed by atoms with E-state index in [1.54, 1.807) is 19.2 Å². The van der Waals surface area contributed by atoms with Crippen LogP contribution in [0.1, 0.15) is 43.7 Å². The van der Waals surface area contributed by atoms with Gasteiger partial charge in [0.2, 0.25) is 0 Å². The quantitative estimate of drug-likeness (QED) is 0.785. The number of methoxy groups -OCH3 is 1. The lowest BCUT2D eigenvalue weighted by atomic mass is 10.1. The van der Waals surface area contributed by atoms with Crippen LogP contribution in [0.3, 0.4) is 0 Å². The molecule has 1 aromatic heterocycles. The van der Waals surface area contributed by atoms with Gasteiger partial charge in [-0.1, -0.05) is 6.92 Å². The minimum Gasteiger partial charge on any atom is -0.462 e. The van der Waals surface area contributed by atoms with Crippen LogP contribution in [0.15, 0.2) is 16.5 Å². The normalized spacial score (nSPS) is 13.7. The zero-order valence-electron chi connectivity index (χ0n) is 11.2. The number of nitrogens with one attached hydrogen (secondary N) is 1. The van der Waals surface area contributed by atoms with Crippen molar-refractivity contribution in [3.05, 3.63) is 23.7 Å². The van der Waals surface area contributed by atoms with Gasteiger partial charge in [-0.25, -0.2) is 0 Å². The summed E-state index contributed by atoms with van der Waals surface area (Å²) in [6, 6.07) is 3.03. The highest BCUT2D eigenvalue weighted by Crippen LogP contribution is 2.28. The maximum atomic E-state index is 12.3. The van der Waals surface area contributed by atoms with Crippen LogP contribution in [0.5, 0.6) is 0 Å². The lowest BCUT2D eigenvalue weighted by Crippen LogP contribution is -2.23. The second-order valence-electron chi connectivity index (χ2n) is 4.40. The molecule has 0 saturated carbocycles. The fourth-order valence-electron chi connectivity index (χ4n) is 1.77. The second-order valence-corrected chi connectivity index (χ2v) is 4.40. The standard InChI is InChI=1S/C13H20F3NO2/c1-3-8-17-11(6-7-13(14,15)16)12-5-4-10(19-12)9-18-2/h4-5,11,17H,3,6-9H2,1-2H3. The summed E-state index contributed by atoms with van der Waals surface area (Å²) < 4.78 is 47.3. The zero-order valence-corrected chi connectivity index (χ0v) is 11.2. The van der Waals surface area contributed by atoms with E-state index in [1.807, 2.05) is 6.92 Å². The molecule has 0 fully saturated rings. The molecule has 0 bridgehead atoms. The average molecular weight is 279 g/mol. The number of alkyl halides is 3.